The van der Waals surface area contributed by atoms with Crippen LogP contribution < -0.4 is 10.6 Å². The fraction of sp³-hybridized carbons (Fsp3) is 0.217. The second-order valence-electron chi connectivity index (χ2n) is 7.12. The van der Waals surface area contributed by atoms with E-state index >= 15 is 0 Å². The van der Waals surface area contributed by atoms with Crippen LogP contribution in [0.3, 0.4) is 0 Å². The zero-order chi connectivity index (χ0) is 19.4. The zero-order valence-corrected chi connectivity index (χ0v) is 16.3. The summed E-state index contributed by atoms with van der Waals surface area (Å²) in [5.41, 5.74) is 2.08. The van der Waals surface area contributed by atoms with Crippen molar-refractivity contribution in [1.82, 2.24) is 0 Å². The number of nitrogens with one attached hydrogen (secondary N) is 2. The molecular formula is C23H22N2O2S. The Morgan fingerprint density at radius 1 is 0.786 bits per heavy atom. The van der Waals surface area contributed by atoms with Crippen LogP contribution in [0.2, 0.25) is 0 Å². The summed E-state index contributed by atoms with van der Waals surface area (Å²) in [6.45, 7) is 0. The summed E-state index contributed by atoms with van der Waals surface area (Å²) < 4.78 is 0. The highest BCUT2D eigenvalue weighted by molar-refractivity contribution is 7.12. The molecule has 0 radical (unpaired) electrons. The molecule has 0 saturated heterocycles. The zero-order valence-electron chi connectivity index (χ0n) is 15.5. The molecule has 5 heteroatoms. The number of amides is 2. The third-order valence-electron chi connectivity index (χ3n) is 5.36. The van der Waals surface area contributed by atoms with E-state index in [9.17, 15) is 9.59 Å². The predicted octanol–water partition coefficient (Wildman–Crippen LogP) is 5.45. The molecule has 28 heavy (non-hydrogen) atoms. The van der Waals surface area contributed by atoms with Crippen LogP contribution in [-0.2, 0) is 10.2 Å². The minimum atomic E-state index is -0.451. The number of anilines is 2. The van der Waals surface area contributed by atoms with Crippen molar-refractivity contribution in [1.29, 1.82) is 0 Å². The molecule has 0 unspecified atom stereocenters. The van der Waals surface area contributed by atoms with E-state index in [0.717, 1.165) is 36.9 Å². The van der Waals surface area contributed by atoms with Gasteiger partial charge in [-0.1, -0.05) is 49.2 Å². The molecule has 1 heterocycles. The van der Waals surface area contributed by atoms with Gasteiger partial charge in [-0.05, 0) is 54.1 Å². The molecule has 3 aromatic rings. The molecule has 1 aliphatic carbocycles. The van der Waals surface area contributed by atoms with Crippen LogP contribution >= 0.6 is 11.3 Å². The Morgan fingerprint density at radius 2 is 1.43 bits per heavy atom. The van der Waals surface area contributed by atoms with Gasteiger partial charge >= 0.3 is 0 Å². The van der Waals surface area contributed by atoms with Crippen LogP contribution in [-0.4, -0.2) is 11.8 Å². The number of thiophene rings is 1. The first-order valence-corrected chi connectivity index (χ1v) is 10.4. The maximum Gasteiger partial charge on any atom is 0.265 e. The first-order chi connectivity index (χ1) is 13.7. The molecule has 4 nitrogen and oxygen atoms in total. The third kappa shape index (κ3) is 3.71. The van der Waals surface area contributed by atoms with E-state index in [2.05, 4.69) is 10.6 Å². The summed E-state index contributed by atoms with van der Waals surface area (Å²) in [7, 11) is 0. The van der Waals surface area contributed by atoms with Crippen LogP contribution in [0.5, 0.6) is 0 Å². The van der Waals surface area contributed by atoms with Crippen LogP contribution in [0, 0.1) is 0 Å². The van der Waals surface area contributed by atoms with E-state index in [0.29, 0.717) is 10.6 Å². The van der Waals surface area contributed by atoms with Crippen LogP contribution in [0.25, 0.3) is 0 Å². The number of carbonyl (C=O) groups is 2. The van der Waals surface area contributed by atoms with Gasteiger partial charge < -0.3 is 10.6 Å². The molecule has 1 aliphatic rings. The first-order valence-electron chi connectivity index (χ1n) is 9.49. The number of carbonyl (C=O) groups excluding carboxylic acids is 2. The topological polar surface area (TPSA) is 58.2 Å². The van der Waals surface area contributed by atoms with Gasteiger partial charge in [0.2, 0.25) is 5.91 Å². The van der Waals surface area contributed by atoms with Gasteiger partial charge in [-0.15, -0.1) is 11.3 Å². The average molecular weight is 391 g/mol. The largest absolute Gasteiger partial charge is 0.325 e. The van der Waals surface area contributed by atoms with Gasteiger partial charge in [-0.3, -0.25) is 9.59 Å². The van der Waals surface area contributed by atoms with E-state index in [4.69, 9.17) is 0 Å². The van der Waals surface area contributed by atoms with E-state index in [-0.39, 0.29) is 11.8 Å². The van der Waals surface area contributed by atoms with Gasteiger partial charge in [0.05, 0.1) is 10.3 Å². The smallest absolute Gasteiger partial charge is 0.265 e. The van der Waals surface area contributed by atoms with E-state index in [1.165, 1.54) is 11.3 Å². The third-order valence-corrected chi connectivity index (χ3v) is 6.23. The predicted molar refractivity (Wildman–Crippen MR) is 114 cm³/mol. The normalized spacial score (nSPS) is 15.1. The van der Waals surface area contributed by atoms with Gasteiger partial charge in [-0.25, -0.2) is 0 Å². The molecule has 0 bridgehead atoms. The molecule has 0 atom stereocenters. The van der Waals surface area contributed by atoms with Crippen LogP contribution in [0.1, 0.15) is 40.9 Å². The van der Waals surface area contributed by atoms with Crippen LogP contribution in [0.4, 0.5) is 11.4 Å². The Hall–Kier alpha value is -2.92. The lowest BCUT2D eigenvalue weighted by molar-refractivity contribution is -0.121. The van der Waals surface area contributed by atoms with Crippen molar-refractivity contribution in [2.45, 2.75) is 31.1 Å². The molecule has 4 rings (SSSR count). The quantitative estimate of drug-likeness (QED) is 0.608. The fourth-order valence-electron chi connectivity index (χ4n) is 3.87. The molecule has 1 fully saturated rings. The van der Waals surface area contributed by atoms with E-state index in [1.54, 1.807) is 6.07 Å². The van der Waals surface area contributed by atoms with Crippen molar-refractivity contribution < 1.29 is 9.59 Å². The highest BCUT2D eigenvalue weighted by Gasteiger charge is 2.42. The van der Waals surface area contributed by atoms with Gasteiger partial charge in [0.1, 0.15) is 0 Å². The van der Waals surface area contributed by atoms with Crippen molar-refractivity contribution in [2.24, 2.45) is 0 Å². The molecule has 2 aromatic carbocycles. The minimum Gasteiger partial charge on any atom is -0.325 e. The lowest BCUT2D eigenvalue weighted by Crippen LogP contribution is -2.37. The van der Waals surface area contributed by atoms with E-state index in [1.807, 2.05) is 66.0 Å². The highest BCUT2D eigenvalue weighted by Crippen LogP contribution is 2.42. The second kappa shape index (κ2) is 7.98. The fourth-order valence-corrected chi connectivity index (χ4v) is 4.49. The maximum atomic E-state index is 13.2. The van der Waals surface area contributed by atoms with E-state index < -0.39 is 5.41 Å². The first kappa shape index (κ1) is 18.4. The summed E-state index contributed by atoms with van der Waals surface area (Å²) >= 11 is 1.40. The second-order valence-corrected chi connectivity index (χ2v) is 8.07. The monoisotopic (exact) mass is 390 g/mol. The number of benzene rings is 2. The Morgan fingerprint density at radius 3 is 2.04 bits per heavy atom. The molecule has 142 valence electrons. The van der Waals surface area contributed by atoms with Crippen molar-refractivity contribution in [2.75, 3.05) is 10.6 Å². The summed E-state index contributed by atoms with van der Waals surface area (Å²) in [6.07, 6.45) is 3.88. The Bertz CT molecular complexity index is 944. The van der Waals surface area contributed by atoms with Gasteiger partial charge in [0, 0.05) is 11.4 Å². The van der Waals surface area contributed by atoms with Crippen molar-refractivity contribution in [3.05, 3.63) is 82.6 Å². The Kier molecular flexibility index (Phi) is 5.26. The highest BCUT2D eigenvalue weighted by atomic mass is 32.1. The molecular weight excluding hydrogens is 368 g/mol. The number of rotatable bonds is 5. The Balaban J connectivity index is 1.46. The number of hydrogen-bond acceptors (Lipinski definition) is 3. The molecule has 1 aromatic heterocycles. The molecule has 2 amide bonds. The Labute approximate surface area is 168 Å². The van der Waals surface area contributed by atoms with Crippen molar-refractivity contribution in [3.8, 4) is 0 Å². The SMILES string of the molecule is O=C(Nc1ccc(NC(=O)C2(c3ccccc3)CCCC2)cc1)c1cccs1. The standard InChI is InChI=1S/C23H22N2O2S/c26-21(20-9-6-16-28-20)24-18-10-12-19(13-11-18)25-22(27)23(14-4-5-15-23)17-7-2-1-3-8-17/h1-3,6-13,16H,4-5,14-15H2,(H,24,26)(H,25,27). The summed E-state index contributed by atoms with van der Waals surface area (Å²) in [4.78, 5) is 26.0. The van der Waals surface area contributed by atoms with Gasteiger partial charge in [-0.2, -0.15) is 0 Å². The van der Waals surface area contributed by atoms with Gasteiger partial charge in [0.15, 0.2) is 0 Å². The molecule has 1 saturated carbocycles. The van der Waals surface area contributed by atoms with Crippen molar-refractivity contribution >= 4 is 34.5 Å². The minimum absolute atomic E-state index is 0.0478. The van der Waals surface area contributed by atoms with Crippen molar-refractivity contribution in [3.63, 3.8) is 0 Å². The lowest BCUT2D eigenvalue weighted by atomic mass is 9.78. The molecule has 0 aliphatic heterocycles. The van der Waals surface area contributed by atoms with Gasteiger partial charge in [0.25, 0.3) is 5.91 Å². The van der Waals surface area contributed by atoms with Crippen LogP contribution in [0.15, 0.2) is 72.1 Å². The average Bonchev–Trinajstić information content (AvgIpc) is 3.43. The number of hydrogen-bond donors (Lipinski definition) is 2. The lowest BCUT2D eigenvalue weighted by Gasteiger charge is -2.28. The molecule has 2 N–H and O–H groups in total. The molecule has 0 spiro atoms. The summed E-state index contributed by atoms with van der Waals surface area (Å²) in [6, 6.07) is 21.0. The summed E-state index contributed by atoms with van der Waals surface area (Å²) in [5, 5.41) is 7.83. The maximum absolute atomic E-state index is 13.2. The summed E-state index contributed by atoms with van der Waals surface area (Å²) in [5.74, 6) is -0.0765.